The van der Waals surface area contributed by atoms with Crippen LogP contribution in [0.1, 0.15) is 48.5 Å². The van der Waals surface area contributed by atoms with Gasteiger partial charge in [0.2, 0.25) is 0 Å². The smallest absolute Gasteiger partial charge is 0.152 e. The van der Waals surface area contributed by atoms with Crippen LogP contribution in [0.3, 0.4) is 0 Å². The topological polar surface area (TPSA) is 20.3 Å². The summed E-state index contributed by atoms with van der Waals surface area (Å²) in [4.78, 5) is 14.1. The van der Waals surface area contributed by atoms with E-state index in [1.165, 1.54) is 0 Å². The summed E-state index contributed by atoms with van der Waals surface area (Å²) >= 11 is 0. The first-order chi connectivity index (χ1) is 6.29. The van der Waals surface area contributed by atoms with Crippen LogP contribution in [0.5, 0.6) is 0 Å². The van der Waals surface area contributed by atoms with Crippen molar-refractivity contribution in [3.8, 4) is 0 Å². The summed E-state index contributed by atoms with van der Waals surface area (Å²) in [5.41, 5.74) is 0. The molecule has 1 atom stereocenters. The monoisotopic (exact) mass is 199 g/mol. The molecule has 14 heavy (non-hydrogen) atoms. The molecule has 0 aliphatic rings. The summed E-state index contributed by atoms with van der Waals surface area (Å²) in [5.74, 6) is 0.470. The van der Waals surface area contributed by atoms with Gasteiger partial charge in [-0.3, -0.25) is 9.69 Å². The van der Waals surface area contributed by atoms with Crippen molar-refractivity contribution in [1.29, 1.82) is 0 Å². The number of carbonyl (C=O) groups excluding carboxylic acids is 1. The zero-order valence-corrected chi connectivity index (χ0v) is 10.7. The maximum Gasteiger partial charge on any atom is 0.152 e. The Kier molecular flexibility index (Phi) is 5.35. The molecule has 0 bridgehead atoms. The maximum atomic E-state index is 11.9. The van der Waals surface area contributed by atoms with Crippen molar-refractivity contribution >= 4 is 5.78 Å². The minimum Gasteiger partial charge on any atom is -0.298 e. The van der Waals surface area contributed by atoms with Crippen molar-refractivity contribution < 1.29 is 4.79 Å². The van der Waals surface area contributed by atoms with E-state index in [1.54, 1.807) is 0 Å². The Hall–Kier alpha value is -0.370. The third-order valence-electron chi connectivity index (χ3n) is 2.62. The van der Waals surface area contributed by atoms with E-state index >= 15 is 0 Å². The van der Waals surface area contributed by atoms with Crippen LogP contribution >= 0.6 is 0 Å². The summed E-state index contributed by atoms with van der Waals surface area (Å²) < 4.78 is 0. The van der Waals surface area contributed by atoms with Crippen molar-refractivity contribution in [3.63, 3.8) is 0 Å². The average Bonchev–Trinajstić information content (AvgIpc) is 2.01. The molecule has 84 valence electrons. The minimum atomic E-state index is 0.0370. The largest absolute Gasteiger partial charge is 0.298 e. The van der Waals surface area contributed by atoms with Crippen LogP contribution in [0.4, 0.5) is 0 Å². The second-order valence-corrected chi connectivity index (χ2v) is 4.87. The molecular formula is C12H25NO. The Bertz CT molecular complexity index is 177. The second kappa shape index (κ2) is 5.50. The fraction of sp³-hybridized carbons (Fsp3) is 0.917. The van der Waals surface area contributed by atoms with E-state index in [0.29, 0.717) is 17.9 Å². The van der Waals surface area contributed by atoms with Crippen molar-refractivity contribution in [1.82, 2.24) is 4.90 Å². The first-order valence-electron chi connectivity index (χ1n) is 5.60. The normalized spacial score (nSPS) is 14.5. The minimum absolute atomic E-state index is 0.0370. The Morgan fingerprint density at radius 3 is 1.43 bits per heavy atom. The number of ketones is 1. The van der Waals surface area contributed by atoms with E-state index in [0.717, 1.165) is 0 Å². The van der Waals surface area contributed by atoms with E-state index in [2.05, 4.69) is 32.6 Å². The van der Waals surface area contributed by atoms with Crippen molar-refractivity contribution in [3.05, 3.63) is 0 Å². The lowest BCUT2D eigenvalue weighted by molar-refractivity contribution is -0.128. The van der Waals surface area contributed by atoms with E-state index < -0.39 is 0 Å². The highest BCUT2D eigenvalue weighted by atomic mass is 16.1. The van der Waals surface area contributed by atoms with Gasteiger partial charge in [-0.2, -0.15) is 0 Å². The van der Waals surface area contributed by atoms with Crippen LogP contribution in [-0.2, 0) is 4.79 Å². The Balaban J connectivity index is 4.60. The molecule has 0 heterocycles. The molecule has 0 aromatic rings. The summed E-state index contributed by atoms with van der Waals surface area (Å²) in [6.45, 7) is 14.5. The van der Waals surface area contributed by atoms with Crippen molar-refractivity contribution in [2.45, 2.75) is 66.6 Å². The summed E-state index contributed by atoms with van der Waals surface area (Å²) in [7, 11) is 0. The van der Waals surface area contributed by atoms with Gasteiger partial charge in [0, 0.05) is 18.0 Å². The number of hydrogen-bond donors (Lipinski definition) is 0. The highest BCUT2D eigenvalue weighted by Crippen LogP contribution is 2.14. The zero-order valence-electron chi connectivity index (χ0n) is 10.7. The van der Waals surface area contributed by atoms with Gasteiger partial charge in [-0.15, -0.1) is 0 Å². The summed E-state index contributed by atoms with van der Waals surface area (Å²) in [6.07, 6.45) is 0. The first kappa shape index (κ1) is 13.6. The van der Waals surface area contributed by atoms with Gasteiger partial charge >= 0.3 is 0 Å². The van der Waals surface area contributed by atoms with Crippen LogP contribution in [0.15, 0.2) is 0 Å². The van der Waals surface area contributed by atoms with Gasteiger partial charge in [-0.05, 0) is 34.6 Å². The van der Waals surface area contributed by atoms with Gasteiger partial charge < -0.3 is 0 Å². The molecule has 0 aromatic heterocycles. The molecule has 0 rings (SSSR count). The molecule has 0 radical (unpaired) electrons. The lowest BCUT2D eigenvalue weighted by Gasteiger charge is -2.36. The molecule has 0 aliphatic carbocycles. The maximum absolute atomic E-state index is 11.9. The third kappa shape index (κ3) is 3.41. The van der Waals surface area contributed by atoms with Gasteiger partial charge in [0.1, 0.15) is 0 Å². The molecule has 0 unspecified atom stereocenters. The number of rotatable bonds is 5. The van der Waals surface area contributed by atoms with Crippen molar-refractivity contribution in [2.75, 3.05) is 0 Å². The molecular weight excluding hydrogens is 174 g/mol. The Morgan fingerprint density at radius 2 is 1.21 bits per heavy atom. The lowest BCUT2D eigenvalue weighted by atomic mass is 9.99. The van der Waals surface area contributed by atoms with Gasteiger partial charge in [0.15, 0.2) is 5.78 Å². The van der Waals surface area contributed by atoms with Gasteiger partial charge in [0.25, 0.3) is 0 Å². The quantitative estimate of drug-likeness (QED) is 0.678. The molecule has 0 saturated carbocycles. The molecule has 0 aliphatic heterocycles. The lowest BCUT2D eigenvalue weighted by Crippen LogP contribution is -2.48. The summed E-state index contributed by atoms with van der Waals surface area (Å²) in [6, 6.07) is 0.885. The molecule has 0 aromatic carbocycles. The molecule has 0 saturated heterocycles. The first-order valence-corrected chi connectivity index (χ1v) is 5.60. The fourth-order valence-electron chi connectivity index (χ4n) is 2.12. The average molecular weight is 199 g/mol. The molecule has 0 fully saturated rings. The highest BCUT2D eigenvalue weighted by molar-refractivity contribution is 5.85. The van der Waals surface area contributed by atoms with Crippen molar-refractivity contribution in [2.24, 2.45) is 5.92 Å². The number of nitrogens with zero attached hydrogens (tertiary/aromatic N) is 1. The highest BCUT2D eigenvalue weighted by Gasteiger charge is 2.26. The van der Waals surface area contributed by atoms with Crippen LogP contribution in [0.2, 0.25) is 0 Å². The fourth-order valence-corrected chi connectivity index (χ4v) is 2.12. The Labute approximate surface area is 88.7 Å². The van der Waals surface area contributed by atoms with E-state index in [9.17, 15) is 4.79 Å². The number of hydrogen-bond acceptors (Lipinski definition) is 2. The van der Waals surface area contributed by atoms with E-state index in [1.807, 2.05) is 20.8 Å². The van der Waals surface area contributed by atoms with Crippen LogP contribution < -0.4 is 0 Å². The Morgan fingerprint density at radius 1 is 0.857 bits per heavy atom. The van der Waals surface area contributed by atoms with Gasteiger partial charge in [0.05, 0.1) is 6.04 Å². The molecule has 0 spiro atoms. The number of carbonyl (C=O) groups is 1. The van der Waals surface area contributed by atoms with E-state index in [4.69, 9.17) is 0 Å². The molecule has 0 amide bonds. The van der Waals surface area contributed by atoms with Gasteiger partial charge in [-0.1, -0.05) is 13.8 Å². The van der Waals surface area contributed by atoms with Gasteiger partial charge in [-0.25, -0.2) is 0 Å². The molecule has 2 heteroatoms. The standard InChI is InChI=1S/C12H25NO/c1-8(2)12(14)11(7)13(9(3)4)10(5)6/h8-11H,1-7H3/t11-/m0/s1. The third-order valence-corrected chi connectivity index (χ3v) is 2.62. The van der Waals surface area contributed by atoms with E-state index in [-0.39, 0.29) is 12.0 Å². The molecule has 0 N–H and O–H groups in total. The van der Waals surface area contributed by atoms with Crippen LogP contribution in [-0.4, -0.2) is 28.8 Å². The SMILES string of the molecule is CC(C)C(=O)[C@H](C)N(C(C)C)C(C)C. The zero-order chi connectivity index (χ0) is 11.5. The number of Topliss-reactive ketones (excluding diaryl/α,β-unsaturated/α-hetero) is 1. The van der Waals surface area contributed by atoms with Crippen LogP contribution in [0, 0.1) is 5.92 Å². The van der Waals surface area contributed by atoms with Crippen LogP contribution in [0.25, 0.3) is 0 Å². The predicted molar refractivity (Wildman–Crippen MR) is 61.4 cm³/mol. The summed E-state index contributed by atoms with van der Waals surface area (Å²) in [5, 5.41) is 0. The second-order valence-electron chi connectivity index (χ2n) is 4.87. The molecule has 2 nitrogen and oxygen atoms in total. The predicted octanol–water partition coefficient (Wildman–Crippen LogP) is 2.72.